The fraction of sp³-hybridized carbons (Fsp3) is 0.286. The van der Waals surface area contributed by atoms with E-state index in [0.717, 1.165) is 4.47 Å². The maximum atomic E-state index is 13.0. The van der Waals surface area contributed by atoms with Crippen molar-refractivity contribution in [2.75, 3.05) is 38.6 Å². The number of carbonyl (C=O) groups is 3. The Morgan fingerprint density at radius 3 is 2.83 bits per heavy atom. The van der Waals surface area contributed by atoms with Gasteiger partial charge in [0.05, 0.1) is 24.9 Å². The third-order valence-corrected chi connectivity index (χ3v) is 5.75. The van der Waals surface area contributed by atoms with Crippen LogP contribution in [0.4, 0.5) is 5.69 Å². The first-order valence-corrected chi connectivity index (χ1v) is 10.1. The second-order valence-electron chi connectivity index (χ2n) is 7.08. The molecule has 8 heteroatoms. The number of methoxy groups -OCH3 is 1. The van der Waals surface area contributed by atoms with Crippen molar-refractivity contribution in [2.45, 2.75) is 6.04 Å². The van der Waals surface area contributed by atoms with E-state index in [9.17, 15) is 14.4 Å². The number of fused-ring (bicyclic) bond motifs is 2. The summed E-state index contributed by atoms with van der Waals surface area (Å²) in [5.41, 5.74) is 1.54. The van der Waals surface area contributed by atoms with Gasteiger partial charge in [0.25, 0.3) is 5.91 Å². The van der Waals surface area contributed by atoms with Gasteiger partial charge < -0.3 is 15.0 Å². The SMILES string of the molecule is COc1cccc(C(=O)CN2CCN3C(=O)c4cc(Br)ccc4NC(=O)C3C2)c1. The van der Waals surface area contributed by atoms with Gasteiger partial charge in [-0.15, -0.1) is 0 Å². The Morgan fingerprint density at radius 1 is 1.21 bits per heavy atom. The molecule has 0 bridgehead atoms. The molecule has 150 valence electrons. The van der Waals surface area contributed by atoms with Crippen LogP contribution in [0.25, 0.3) is 0 Å². The van der Waals surface area contributed by atoms with Gasteiger partial charge in [0, 0.05) is 29.7 Å². The Labute approximate surface area is 176 Å². The third-order valence-electron chi connectivity index (χ3n) is 5.26. The van der Waals surface area contributed by atoms with Gasteiger partial charge in [-0.1, -0.05) is 28.1 Å². The molecule has 0 aromatic heterocycles. The van der Waals surface area contributed by atoms with Crippen molar-refractivity contribution in [3.63, 3.8) is 0 Å². The van der Waals surface area contributed by atoms with Crippen LogP contribution in [0.1, 0.15) is 20.7 Å². The molecule has 2 amide bonds. The maximum absolute atomic E-state index is 13.0. The van der Waals surface area contributed by atoms with Crippen LogP contribution < -0.4 is 10.1 Å². The predicted octanol–water partition coefficient (Wildman–Crippen LogP) is 2.42. The summed E-state index contributed by atoms with van der Waals surface area (Å²) in [6, 6.07) is 11.6. The van der Waals surface area contributed by atoms with Crippen molar-refractivity contribution >= 4 is 39.2 Å². The van der Waals surface area contributed by atoms with Crippen LogP contribution in [0.2, 0.25) is 0 Å². The molecule has 2 aliphatic heterocycles. The average molecular weight is 458 g/mol. The molecule has 2 aromatic carbocycles. The van der Waals surface area contributed by atoms with E-state index < -0.39 is 6.04 Å². The summed E-state index contributed by atoms with van der Waals surface area (Å²) < 4.78 is 5.96. The largest absolute Gasteiger partial charge is 0.497 e. The van der Waals surface area contributed by atoms with E-state index in [1.165, 1.54) is 0 Å². The molecule has 29 heavy (non-hydrogen) atoms. The quantitative estimate of drug-likeness (QED) is 0.713. The average Bonchev–Trinajstić information content (AvgIpc) is 2.83. The highest BCUT2D eigenvalue weighted by molar-refractivity contribution is 9.10. The van der Waals surface area contributed by atoms with E-state index in [4.69, 9.17) is 4.74 Å². The highest BCUT2D eigenvalue weighted by Crippen LogP contribution is 2.28. The van der Waals surface area contributed by atoms with Crippen LogP contribution in [-0.4, -0.2) is 66.7 Å². The van der Waals surface area contributed by atoms with Gasteiger partial charge in [-0.25, -0.2) is 0 Å². The molecule has 0 saturated carbocycles. The van der Waals surface area contributed by atoms with Gasteiger partial charge >= 0.3 is 0 Å². The normalized spacial score (nSPS) is 19.1. The van der Waals surface area contributed by atoms with Gasteiger partial charge in [0.1, 0.15) is 11.8 Å². The first kappa shape index (κ1) is 19.6. The van der Waals surface area contributed by atoms with Crippen LogP contribution >= 0.6 is 15.9 Å². The molecule has 2 aliphatic rings. The number of nitrogens with zero attached hydrogens (tertiary/aromatic N) is 2. The summed E-state index contributed by atoms with van der Waals surface area (Å²) in [5, 5.41) is 2.85. The summed E-state index contributed by atoms with van der Waals surface area (Å²) in [6.07, 6.45) is 0. The molecule has 1 fully saturated rings. The smallest absolute Gasteiger partial charge is 0.256 e. The lowest BCUT2D eigenvalue weighted by molar-refractivity contribution is -0.122. The van der Waals surface area contributed by atoms with Crippen LogP contribution in [0.5, 0.6) is 5.75 Å². The van der Waals surface area contributed by atoms with E-state index in [2.05, 4.69) is 21.2 Å². The maximum Gasteiger partial charge on any atom is 0.256 e. The van der Waals surface area contributed by atoms with Crippen molar-refractivity contribution < 1.29 is 19.1 Å². The van der Waals surface area contributed by atoms with E-state index >= 15 is 0 Å². The van der Waals surface area contributed by atoms with Gasteiger partial charge in [0.2, 0.25) is 5.91 Å². The number of halogens is 1. The number of benzene rings is 2. The number of anilines is 1. The molecule has 0 aliphatic carbocycles. The van der Waals surface area contributed by atoms with Gasteiger partial charge in [-0.2, -0.15) is 0 Å². The van der Waals surface area contributed by atoms with Crippen molar-refractivity contribution in [2.24, 2.45) is 0 Å². The first-order valence-electron chi connectivity index (χ1n) is 9.27. The number of piperazine rings is 1. The third kappa shape index (κ3) is 3.90. The van der Waals surface area contributed by atoms with Crippen molar-refractivity contribution in [1.82, 2.24) is 9.80 Å². The lowest BCUT2D eigenvalue weighted by Gasteiger charge is -2.39. The number of hydrogen-bond acceptors (Lipinski definition) is 5. The molecular weight excluding hydrogens is 438 g/mol. The number of hydrogen-bond donors (Lipinski definition) is 1. The Bertz CT molecular complexity index is 994. The van der Waals surface area contributed by atoms with E-state index in [1.54, 1.807) is 54.5 Å². The number of ketones is 1. The fourth-order valence-electron chi connectivity index (χ4n) is 3.71. The minimum absolute atomic E-state index is 0.0510. The number of carbonyl (C=O) groups excluding carboxylic acids is 3. The standard InChI is InChI=1S/C21H20BrN3O4/c1-29-15-4-2-3-13(9-15)19(26)12-24-7-8-25-18(11-24)20(27)23-17-6-5-14(22)10-16(17)21(25)28/h2-6,9-10,18H,7-8,11-12H2,1H3,(H,23,27). The summed E-state index contributed by atoms with van der Waals surface area (Å²) in [5.74, 6) is 0.157. The minimum atomic E-state index is -0.638. The number of Topliss-reactive ketones (excluding diaryl/α,β-unsaturated/α-hetero) is 1. The second-order valence-corrected chi connectivity index (χ2v) is 8.00. The highest BCUT2D eigenvalue weighted by Gasteiger charge is 2.39. The Hall–Kier alpha value is -2.71. The van der Waals surface area contributed by atoms with Crippen LogP contribution in [-0.2, 0) is 4.79 Å². The Kier molecular flexibility index (Phi) is 5.38. The van der Waals surface area contributed by atoms with Crippen molar-refractivity contribution in [3.8, 4) is 5.75 Å². The zero-order valence-corrected chi connectivity index (χ0v) is 17.4. The van der Waals surface area contributed by atoms with E-state index in [-0.39, 0.29) is 24.1 Å². The van der Waals surface area contributed by atoms with Crippen LogP contribution in [0.3, 0.4) is 0 Å². The molecule has 4 rings (SSSR count). The van der Waals surface area contributed by atoms with Gasteiger partial charge in [0.15, 0.2) is 5.78 Å². The van der Waals surface area contributed by atoms with Crippen LogP contribution in [0.15, 0.2) is 46.9 Å². The van der Waals surface area contributed by atoms with E-state index in [0.29, 0.717) is 42.2 Å². The number of ether oxygens (including phenoxy) is 1. The topological polar surface area (TPSA) is 79.0 Å². The van der Waals surface area contributed by atoms with Gasteiger partial charge in [-0.3, -0.25) is 19.3 Å². The van der Waals surface area contributed by atoms with E-state index in [1.807, 2.05) is 4.90 Å². The molecule has 1 atom stereocenters. The van der Waals surface area contributed by atoms with Crippen molar-refractivity contribution in [1.29, 1.82) is 0 Å². The monoisotopic (exact) mass is 457 g/mol. The fourth-order valence-corrected chi connectivity index (χ4v) is 4.08. The van der Waals surface area contributed by atoms with Crippen LogP contribution in [0, 0.1) is 0 Å². The summed E-state index contributed by atoms with van der Waals surface area (Å²) in [7, 11) is 1.56. The lowest BCUT2D eigenvalue weighted by Crippen LogP contribution is -2.59. The Balaban J connectivity index is 1.50. The molecule has 1 unspecified atom stereocenters. The lowest BCUT2D eigenvalue weighted by atomic mass is 10.1. The summed E-state index contributed by atoms with van der Waals surface area (Å²) in [4.78, 5) is 42.0. The molecule has 2 heterocycles. The highest BCUT2D eigenvalue weighted by atomic mass is 79.9. The molecular formula is C21H20BrN3O4. The predicted molar refractivity (Wildman–Crippen MR) is 111 cm³/mol. The zero-order chi connectivity index (χ0) is 20.5. The first-order chi connectivity index (χ1) is 14.0. The van der Waals surface area contributed by atoms with Crippen molar-refractivity contribution in [3.05, 3.63) is 58.1 Å². The minimum Gasteiger partial charge on any atom is -0.497 e. The summed E-state index contributed by atoms with van der Waals surface area (Å²) >= 11 is 3.38. The molecule has 7 nitrogen and oxygen atoms in total. The number of nitrogens with one attached hydrogen (secondary N) is 1. The number of amides is 2. The van der Waals surface area contributed by atoms with Gasteiger partial charge in [-0.05, 0) is 30.3 Å². The summed E-state index contributed by atoms with van der Waals surface area (Å²) in [6.45, 7) is 1.39. The number of rotatable bonds is 4. The second kappa shape index (κ2) is 7.96. The Morgan fingerprint density at radius 2 is 2.03 bits per heavy atom. The molecule has 0 radical (unpaired) electrons. The molecule has 0 spiro atoms. The molecule has 1 saturated heterocycles. The zero-order valence-electron chi connectivity index (χ0n) is 15.9. The molecule has 2 aromatic rings. The molecule has 1 N–H and O–H groups in total.